The van der Waals surface area contributed by atoms with Crippen LogP contribution in [0.4, 0.5) is 10.8 Å². The van der Waals surface area contributed by atoms with E-state index in [4.69, 9.17) is 0 Å². The van der Waals surface area contributed by atoms with E-state index < -0.39 is 0 Å². The first-order chi connectivity index (χ1) is 12.1. The van der Waals surface area contributed by atoms with Crippen molar-refractivity contribution < 1.29 is 0 Å². The molecule has 130 valence electrons. The molecule has 1 aromatic carbocycles. The number of rotatable bonds is 7. The normalized spacial score (nSPS) is 10.8. The molecule has 0 saturated carbocycles. The molecule has 0 spiro atoms. The van der Waals surface area contributed by atoms with Gasteiger partial charge in [0.2, 0.25) is 0 Å². The van der Waals surface area contributed by atoms with Crippen LogP contribution in [-0.2, 0) is 12.2 Å². The summed E-state index contributed by atoms with van der Waals surface area (Å²) in [6.45, 7) is 4.14. The Labute approximate surface area is 155 Å². The van der Waals surface area contributed by atoms with Gasteiger partial charge in [0.25, 0.3) is 5.56 Å². The van der Waals surface area contributed by atoms with Crippen molar-refractivity contribution in [1.82, 2.24) is 15.0 Å². The van der Waals surface area contributed by atoms with Crippen LogP contribution in [0.1, 0.15) is 30.3 Å². The second kappa shape index (κ2) is 8.31. The van der Waals surface area contributed by atoms with Gasteiger partial charge in [-0.1, -0.05) is 42.8 Å². The molecule has 3 aromatic rings. The van der Waals surface area contributed by atoms with Gasteiger partial charge in [0.15, 0.2) is 10.3 Å². The third kappa shape index (κ3) is 5.17. The largest absolute Gasteiger partial charge is 0.332 e. The molecule has 7 heteroatoms. The van der Waals surface area contributed by atoms with Crippen molar-refractivity contribution in [3.63, 3.8) is 0 Å². The number of aromatic nitrogens is 3. The molecular formula is C18H20N4OS2. The van der Waals surface area contributed by atoms with Gasteiger partial charge in [-0.25, -0.2) is 9.97 Å². The minimum absolute atomic E-state index is 0.0963. The van der Waals surface area contributed by atoms with Gasteiger partial charge >= 0.3 is 0 Å². The van der Waals surface area contributed by atoms with Gasteiger partial charge in [-0.15, -0.1) is 11.3 Å². The number of aromatic amines is 1. The highest BCUT2D eigenvalue weighted by molar-refractivity contribution is 7.98. The Hall–Kier alpha value is -2.12. The standard InChI is InChI=1S/C18H20N4OS2/c1-3-4-14-9-16(23)22-18(20-14)25-11-15-10-24-17(21-15)19-13-7-5-12(2)6-8-13/h5-10H,3-4,11H2,1-2H3,(H,19,21)(H,20,22,23). The number of aryl methyl sites for hydroxylation is 2. The zero-order chi connectivity index (χ0) is 17.6. The maximum absolute atomic E-state index is 11.7. The number of H-pyrrole nitrogens is 1. The van der Waals surface area contributed by atoms with Crippen LogP contribution >= 0.6 is 23.1 Å². The average Bonchev–Trinajstić information content (AvgIpc) is 3.02. The molecule has 25 heavy (non-hydrogen) atoms. The fraction of sp³-hybridized carbons (Fsp3) is 0.278. The molecule has 0 aliphatic heterocycles. The summed E-state index contributed by atoms with van der Waals surface area (Å²) >= 11 is 3.07. The topological polar surface area (TPSA) is 70.7 Å². The van der Waals surface area contributed by atoms with E-state index in [2.05, 4.69) is 46.2 Å². The molecule has 3 rings (SSSR count). The Morgan fingerprint density at radius 2 is 2.00 bits per heavy atom. The first-order valence-electron chi connectivity index (χ1n) is 8.13. The van der Waals surface area contributed by atoms with Gasteiger partial charge in [-0.2, -0.15) is 0 Å². The zero-order valence-corrected chi connectivity index (χ0v) is 15.8. The second-order valence-electron chi connectivity index (χ2n) is 5.72. The van der Waals surface area contributed by atoms with Crippen molar-refractivity contribution in [3.05, 3.63) is 63.0 Å². The predicted octanol–water partition coefficient (Wildman–Crippen LogP) is 4.52. The lowest BCUT2D eigenvalue weighted by atomic mass is 10.2. The molecule has 0 saturated heterocycles. The van der Waals surface area contributed by atoms with Crippen molar-refractivity contribution in [3.8, 4) is 0 Å². The van der Waals surface area contributed by atoms with Crippen molar-refractivity contribution >= 4 is 33.9 Å². The molecule has 0 fully saturated rings. The van der Waals surface area contributed by atoms with Gasteiger partial charge in [-0.3, -0.25) is 4.79 Å². The van der Waals surface area contributed by atoms with E-state index in [0.717, 1.165) is 35.0 Å². The summed E-state index contributed by atoms with van der Waals surface area (Å²) in [6, 6.07) is 9.79. The fourth-order valence-electron chi connectivity index (χ4n) is 2.27. The molecule has 2 N–H and O–H groups in total. The third-order valence-corrected chi connectivity index (χ3v) is 5.20. The van der Waals surface area contributed by atoms with Gasteiger partial charge < -0.3 is 10.3 Å². The van der Waals surface area contributed by atoms with E-state index >= 15 is 0 Å². The van der Waals surface area contributed by atoms with Gasteiger partial charge in [0, 0.05) is 28.6 Å². The Kier molecular flexibility index (Phi) is 5.88. The van der Waals surface area contributed by atoms with E-state index in [1.54, 1.807) is 17.4 Å². The van der Waals surface area contributed by atoms with Crippen LogP contribution < -0.4 is 10.9 Å². The second-order valence-corrected chi connectivity index (χ2v) is 7.54. The number of hydrogen-bond donors (Lipinski definition) is 2. The quantitative estimate of drug-likeness (QED) is 0.471. The van der Waals surface area contributed by atoms with Crippen LogP contribution in [-0.4, -0.2) is 15.0 Å². The zero-order valence-electron chi connectivity index (χ0n) is 14.2. The number of hydrogen-bond acceptors (Lipinski definition) is 6. The van der Waals surface area contributed by atoms with Crippen molar-refractivity contribution in [2.45, 2.75) is 37.6 Å². The highest BCUT2D eigenvalue weighted by Gasteiger charge is 2.06. The van der Waals surface area contributed by atoms with Crippen LogP contribution in [0, 0.1) is 6.92 Å². The lowest BCUT2D eigenvalue weighted by Crippen LogP contribution is -2.09. The number of nitrogens with zero attached hydrogens (tertiary/aromatic N) is 2. The van der Waals surface area contributed by atoms with Gasteiger partial charge in [0.05, 0.1) is 5.69 Å². The van der Waals surface area contributed by atoms with E-state index in [0.29, 0.717) is 10.9 Å². The van der Waals surface area contributed by atoms with Crippen LogP contribution in [0.3, 0.4) is 0 Å². The molecule has 2 aromatic heterocycles. The molecule has 0 bridgehead atoms. The van der Waals surface area contributed by atoms with Crippen molar-refractivity contribution in [2.24, 2.45) is 0 Å². The van der Waals surface area contributed by atoms with Crippen molar-refractivity contribution in [1.29, 1.82) is 0 Å². The number of benzene rings is 1. The highest BCUT2D eigenvalue weighted by atomic mass is 32.2. The summed E-state index contributed by atoms with van der Waals surface area (Å²) in [4.78, 5) is 23.6. The summed E-state index contributed by atoms with van der Waals surface area (Å²) in [6.07, 6.45) is 1.79. The SMILES string of the molecule is CCCc1cc(=O)[nH]c(SCc2csc(Nc3ccc(C)cc3)n2)n1. The number of thiazole rings is 1. The maximum Gasteiger partial charge on any atom is 0.251 e. The lowest BCUT2D eigenvalue weighted by molar-refractivity contribution is 0.815. The first-order valence-corrected chi connectivity index (χ1v) is 10.00. The Bertz CT molecular complexity index is 887. The lowest BCUT2D eigenvalue weighted by Gasteiger charge is -2.03. The summed E-state index contributed by atoms with van der Waals surface area (Å²) in [5, 5.41) is 6.85. The van der Waals surface area contributed by atoms with Gasteiger partial charge in [-0.05, 0) is 25.5 Å². The van der Waals surface area contributed by atoms with Crippen LogP contribution in [0.15, 0.2) is 45.7 Å². The minimum atomic E-state index is -0.0963. The predicted molar refractivity (Wildman–Crippen MR) is 105 cm³/mol. The third-order valence-electron chi connectivity index (χ3n) is 3.49. The maximum atomic E-state index is 11.7. The van der Waals surface area contributed by atoms with Crippen LogP contribution in [0.25, 0.3) is 0 Å². The van der Waals surface area contributed by atoms with Crippen LogP contribution in [0.2, 0.25) is 0 Å². The van der Waals surface area contributed by atoms with Gasteiger partial charge in [0.1, 0.15) is 0 Å². The monoisotopic (exact) mass is 372 g/mol. The minimum Gasteiger partial charge on any atom is -0.332 e. The van der Waals surface area contributed by atoms with E-state index in [9.17, 15) is 4.79 Å². The number of anilines is 2. The fourth-order valence-corrected chi connectivity index (χ4v) is 3.89. The number of thioether (sulfide) groups is 1. The Morgan fingerprint density at radius 1 is 1.20 bits per heavy atom. The molecule has 0 atom stereocenters. The first kappa shape index (κ1) is 17.7. The molecule has 5 nitrogen and oxygen atoms in total. The van der Waals surface area contributed by atoms with Crippen LogP contribution in [0.5, 0.6) is 0 Å². The van der Waals surface area contributed by atoms with E-state index in [1.807, 2.05) is 17.5 Å². The van der Waals surface area contributed by atoms with E-state index in [1.165, 1.54) is 17.3 Å². The molecule has 0 aliphatic rings. The smallest absolute Gasteiger partial charge is 0.251 e. The summed E-state index contributed by atoms with van der Waals surface area (Å²) in [5.41, 5.74) is 3.97. The molecular weight excluding hydrogens is 352 g/mol. The molecule has 2 heterocycles. The highest BCUT2D eigenvalue weighted by Crippen LogP contribution is 2.25. The molecule has 0 amide bonds. The summed E-state index contributed by atoms with van der Waals surface area (Å²) in [7, 11) is 0. The van der Waals surface area contributed by atoms with Crippen molar-refractivity contribution in [2.75, 3.05) is 5.32 Å². The average molecular weight is 373 g/mol. The Balaban J connectivity index is 1.62. The number of nitrogens with one attached hydrogen (secondary N) is 2. The molecule has 0 unspecified atom stereocenters. The Morgan fingerprint density at radius 3 is 2.76 bits per heavy atom. The molecule has 0 radical (unpaired) electrons. The summed E-state index contributed by atoms with van der Waals surface area (Å²) < 4.78 is 0. The molecule has 0 aliphatic carbocycles. The van der Waals surface area contributed by atoms with E-state index in [-0.39, 0.29) is 5.56 Å². The summed E-state index contributed by atoms with van der Waals surface area (Å²) in [5.74, 6) is 0.671.